The number of carbonyl (C=O) groups excluding carboxylic acids is 1. The number of benzene rings is 2. The van der Waals surface area contributed by atoms with Gasteiger partial charge < -0.3 is 14.5 Å². The van der Waals surface area contributed by atoms with Crippen LogP contribution in [0.1, 0.15) is 16.7 Å². The third-order valence-electron chi connectivity index (χ3n) is 5.97. The quantitative estimate of drug-likeness (QED) is 0.620. The van der Waals surface area contributed by atoms with Crippen LogP contribution < -0.4 is 15.2 Å². The molecule has 0 atom stereocenters. The molecule has 7 heteroatoms. The van der Waals surface area contributed by atoms with Crippen molar-refractivity contribution in [2.24, 2.45) is 0 Å². The Morgan fingerprint density at radius 1 is 0.969 bits per heavy atom. The van der Waals surface area contributed by atoms with Gasteiger partial charge in [0.25, 0.3) is 5.56 Å². The molecule has 0 N–H and O–H groups in total. The molecular weight excluding hydrogens is 404 g/mol. The summed E-state index contributed by atoms with van der Waals surface area (Å²) in [5, 5.41) is 4.61. The summed E-state index contributed by atoms with van der Waals surface area (Å²) in [5.74, 6) is 1.60. The highest BCUT2D eigenvalue weighted by atomic mass is 16.5. The molecule has 0 bridgehead atoms. The van der Waals surface area contributed by atoms with E-state index in [2.05, 4.69) is 10.00 Å². The minimum absolute atomic E-state index is 0.103. The maximum absolute atomic E-state index is 12.8. The molecule has 2 aromatic carbocycles. The molecule has 1 saturated heterocycles. The number of anilines is 1. The molecule has 0 spiro atoms. The molecule has 4 rings (SSSR count). The number of carbonyl (C=O) groups is 1. The molecule has 32 heavy (non-hydrogen) atoms. The lowest BCUT2D eigenvalue weighted by molar-refractivity contribution is -0.130. The van der Waals surface area contributed by atoms with Crippen LogP contribution in [-0.4, -0.2) is 53.9 Å². The Morgan fingerprint density at radius 2 is 1.75 bits per heavy atom. The molecular formula is C25H28N4O3. The van der Waals surface area contributed by atoms with E-state index in [0.717, 1.165) is 28.4 Å². The third kappa shape index (κ3) is 4.66. The minimum Gasteiger partial charge on any atom is -0.497 e. The number of hydrogen-bond donors (Lipinski definition) is 0. The lowest BCUT2D eigenvalue weighted by Crippen LogP contribution is -2.49. The summed E-state index contributed by atoms with van der Waals surface area (Å²) in [6.45, 7) is 6.64. The summed E-state index contributed by atoms with van der Waals surface area (Å²) in [5.41, 5.74) is 3.83. The number of piperazine rings is 1. The molecule has 0 aliphatic carbocycles. The lowest BCUT2D eigenvalue weighted by Gasteiger charge is -2.35. The Balaban J connectivity index is 1.43. The van der Waals surface area contributed by atoms with Gasteiger partial charge in [-0.2, -0.15) is 4.68 Å². The summed E-state index contributed by atoms with van der Waals surface area (Å²) in [4.78, 5) is 29.2. The van der Waals surface area contributed by atoms with Crippen LogP contribution in [0, 0.1) is 13.8 Å². The van der Waals surface area contributed by atoms with Crippen molar-refractivity contribution in [1.29, 1.82) is 0 Å². The van der Waals surface area contributed by atoms with Crippen LogP contribution in [0.3, 0.4) is 0 Å². The number of rotatable bonds is 5. The summed E-state index contributed by atoms with van der Waals surface area (Å²) < 4.78 is 6.69. The number of amides is 1. The smallest absolute Gasteiger partial charge is 0.271 e. The molecule has 1 aromatic heterocycles. The lowest BCUT2D eigenvalue weighted by atomic mass is 10.1. The fourth-order valence-corrected chi connectivity index (χ4v) is 3.87. The predicted octanol–water partition coefficient (Wildman–Crippen LogP) is 2.75. The fraction of sp³-hybridized carbons (Fsp3) is 0.320. The molecule has 1 amide bonds. The van der Waals surface area contributed by atoms with E-state index in [-0.39, 0.29) is 11.5 Å². The highest BCUT2D eigenvalue weighted by molar-refractivity contribution is 5.79. The van der Waals surface area contributed by atoms with Gasteiger partial charge in [0, 0.05) is 32.2 Å². The van der Waals surface area contributed by atoms with Crippen molar-refractivity contribution in [3.63, 3.8) is 0 Å². The van der Waals surface area contributed by atoms with Crippen molar-refractivity contribution in [2.45, 2.75) is 20.3 Å². The number of aromatic nitrogens is 2. The van der Waals surface area contributed by atoms with Gasteiger partial charge in [0.1, 0.15) is 11.6 Å². The van der Waals surface area contributed by atoms with Crippen LogP contribution in [0.2, 0.25) is 0 Å². The molecule has 2 heterocycles. The minimum atomic E-state index is -0.163. The molecule has 0 radical (unpaired) electrons. The Kier molecular flexibility index (Phi) is 6.25. The summed E-state index contributed by atoms with van der Waals surface area (Å²) in [6, 6.07) is 16.8. The van der Waals surface area contributed by atoms with Crippen molar-refractivity contribution < 1.29 is 9.53 Å². The van der Waals surface area contributed by atoms with Crippen LogP contribution >= 0.6 is 0 Å². The van der Waals surface area contributed by atoms with Crippen molar-refractivity contribution in [3.05, 3.63) is 81.6 Å². The van der Waals surface area contributed by atoms with E-state index in [9.17, 15) is 9.59 Å². The van der Waals surface area contributed by atoms with Crippen LogP contribution in [-0.2, 0) is 11.2 Å². The normalized spacial score (nSPS) is 13.8. The topological polar surface area (TPSA) is 67.7 Å². The second-order valence-corrected chi connectivity index (χ2v) is 8.11. The molecule has 1 aliphatic heterocycles. The standard InChI is InChI=1S/C25H28N4O3/c1-18-7-8-21(15-19(18)2)29-24(30)10-9-23(26-29)27-11-13-28(14-12-27)25(31)17-20-5-4-6-22(16-20)32-3/h4-10,15-16H,11-14,17H2,1-3H3. The predicted molar refractivity (Wildman–Crippen MR) is 125 cm³/mol. The highest BCUT2D eigenvalue weighted by Gasteiger charge is 2.22. The Hall–Kier alpha value is -3.61. The van der Waals surface area contributed by atoms with Gasteiger partial charge in [-0.3, -0.25) is 9.59 Å². The Bertz CT molecular complexity index is 1180. The van der Waals surface area contributed by atoms with Crippen LogP contribution in [0.25, 0.3) is 5.69 Å². The monoisotopic (exact) mass is 432 g/mol. The molecule has 7 nitrogen and oxygen atoms in total. The van der Waals surface area contributed by atoms with Crippen molar-refractivity contribution in [3.8, 4) is 11.4 Å². The highest BCUT2D eigenvalue weighted by Crippen LogP contribution is 2.17. The first-order valence-corrected chi connectivity index (χ1v) is 10.8. The first kappa shape index (κ1) is 21.6. The van der Waals surface area contributed by atoms with Gasteiger partial charge in [-0.15, -0.1) is 5.10 Å². The number of methoxy groups -OCH3 is 1. The maximum atomic E-state index is 12.8. The second-order valence-electron chi connectivity index (χ2n) is 8.11. The zero-order chi connectivity index (χ0) is 22.7. The van der Waals surface area contributed by atoms with Gasteiger partial charge in [-0.25, -0.2) is 0 Å². The maximum Gasteiger partial charge on any atom is 0.271 e. The summed E-state index contributed by atoms with van der Waals surface area (Å²) in [7, 11) is 1.62. The average molecular weight is 433 g/mol. The summed E-state index contributed by atoms with van der Waals surface area (Å²) in [6.07, 6.45) is 0.354. The van der Waals surface area contributed by atoms with Gasteiger partial charge in [0.15, 0.2) is 0 Å². The van der Waals surface area contributed by atoms with Gasteiger partial charge in [-0.05, 0) is 60.9 Å². The Morgan fingerprint density at radius 3 is 2.47 bits per heavy atom. The average Bonchev–Trinajstić information content (AvgIpc) is 2.81. The number of ether oxygens (including phenoxy) is 1. The van der Waals surface area contributed by atoms with E-state index >= 15 is 0 Å². The molecule has 1 aliphatic rings. The van der Waals surface area contributed by atoms with E-state index in [0.29, 0.717) is 32.6 Å². The Labute approximate surface area is 187 Å². The molecule has 0 unspecified atom stereocenters. The van der Waals surface area contributed by atoms with Crippen LogP contribution in [0.5, 0.6) is 5.75 Å². The van der Waals surface area contributed by atoms with E-state index in [1.165, 1.54) is 10.2 Å². The van der Waals surface area contributed by atoms with Crippen molar-refractivity contribution >= 4 is 11.7 Å². The van der Waals surface area contributed by atoms with Gasteiger partial charge in [-0.1, -0.05) is 18.2 Å². The van der Waals surface area contributed by atoms with Gasteiger partial charge >= 0.3 is 0 Å². The SMILES string of the molecule is COc1cccc(CC(=O)N2CCN(c3ccc(=O)n(-c4ccc(C)c(C)c4)n3)CC2)c1. The van der Waals surface area contributed by atoms with E-state index < -0.39 is 0 Å². The first-order chi connectivity index (χ1) is 15.4. The largest absolute Gasteiger partial charge is 0.497 e. The number of hydrogen-bond acceptors (Lipinski definition) is 5. The molecule has 166 valence electrons. The van der Waals surface area contributed by atoms with Gasteiger partial charge in [0.05, 0.1) is 19.2 Å². The van der Waals surface area contributed by atoms with Gasteiger partial charge in [0.2, 0.25) is 5.91 Å². The molecule has 1 fully saturated rings. The zero-order valence-electron chi connectivity index (χ0n) is 18.7. The van der Waals surface area contributed by atoms with E-state index in [1.54, 1.807) is 19.2 Å². The van der Waals surface area contributed by atoms with E-state index in [1.807, 2.05) is 61.2 Å². The first-order valence-electron chi connectivity index (χ1n) is 10.8. The second kappa shape index (κ2) is 9.26. The van der Waals surface area contributed by atoms with E-state index in [4.69, 9.17) is 4.74 Å². The third-order valence-corrected chi connectivity index (χ3v) is 5.97. The van der Waals surface area contributed by atoms with Crippen molar-refractivity contribution in [1.82, 2.24) is 14.7 Å². The number of nitrogens with zero attached hydrogens (tertiary/aromatic N) is 4. The number of aryl methyl sites for hydroxylation is 2. The summed E-state index contributed by atoms with van der Waals surface area (Å²) >= 11 is 0. The zero-order valence-corrected chi connectivity index (χ0v) is 18.7. The van der Waals surface area contributed by atoms with Crippen LogP contribution in [0.4, 0.5) is 5.82 Å². The molecule has 0 saturated carbocycles. The van der Waals surface area contributed by atoms with Crippen molar-refractivity contribution in [2.75, 3.05) is 38.2 Å². The van der Waals surface area contributed by atoms with Crippen LogP contribution in [0.15, 0.2) is 59.4 Å². The fourth-order valence-electron chi connectivity index (χ4n) is 3.87. The molecule has 3 aromatic rings.